The number of hydrogen-bond donors (Lipinski definition) is 1. The first-order chi connectivity index (χ1) is 9.93. The standard InChI is InChI=1S/C15H22FN3O2/c1-18(2)10-5-4-6-19(9-10)14-7-11(15(20)21-3)13(17)8-12(14)16/h7-8,10H,4-6,9,17H2,1-3H3. The van der Waals surface area contributed by atoms with Crippen molar-refractivity contribution in [3.05, 3.63) is 23.5 Å². The Morgan fingerprint density at radius 1 is 1.48 bits per heavy atom. The third-order valence-corrected chi connectivity index (χ3v) is 3.99. The highest BCUT2D eigenvalue weighted by Gasteiger charge is 2.25. The molecule has 1 atom stereocenters. The van der Waals surface area contributed by atoms with Crippen molar-refractivity contribution in [1.29, 1.82) is 0 Å². The number of benzene rings is 1. The molecule has 0 aliphatic carbocycles. The molecule has 5 nitrogen and oxygen atoms in total. The third-order valence-electron chi connectivity index (χ3n) is 3.99. The maximum absolute atomic E-state index is 14.2. The molecule has 2 rings (SSSR count). The predicted octanol–water partition coefficient (Wildman–Crippen LogP) is 1.72. The van der Waals surface area contributed by atoms with Gasteiger partial charge in [-0.05, 0) is 39.1 Å². The fourth-order valence-corrected chi connectivity index (χ4v) is 2.70. The lowest BCUT2D eigenvalue weighted by molar-refractivity contribution is 0.0602. The molecule has 1 saturated heterocycles. The van der Waals surface area contributed by atoms with E-state index in [1.807, 2.05) is 19.0 Å². The molecule has 0 bridgehead atoms. The molecule has 1 heterocycles. The Balaban J connectivity index is 2.32. The zero-order valence-electron chi connectivity index (χ0n) is 12.7. The van der Waals surface area contributed by atoms with Crippen LogP contribution in [0.5, 0.6) is 0 Å². The van der Waals surface area contributed by atoms with Gasteiger partial charge in [-0.25, -0.2) is 9.18 Å². The number of ether oxygens (including phenoxy) is 1. The number of nitrogen functional groups attached to an aromatic ring is 1. The first-order valence-corrected chi connectivity index (χ1v) is 7.02. The number of likely N-dealkylation sites (N-methyl/N-ethyl adjacent to an activating group) is 1. The summed E-state index contributed by atoms with van der Waals surface area (Å²) >= 11 is 0. The molecule has 0 radical (unpaired) electrons. The molecule has 2 N–H and O–H groups in total. The van der Waals surface area contributed by atoms with E-state index in [1.165, 1.54) is 19.2 Å². The molecule has 0 aromatic heterocycles. The Bertz CT molecular complexity index is 534. The molecule has 1 aromatic rings. The number of anilines is 2. The van der Waals surface area contributed by atoms with Crippen molar-refractivity contribution in [2.24, 2.45) is 0 Å². The van der Waals surface area contributed by atoms with Crippen LogP contribution in [-0.4, -0.2) is 51.2 Å². The Morgan fingerprint density at radius 3 is 2.81 bits per heavy atom. The second-order valence-corrected chi connectivity index (χ2v) is 5.59. The summed E-state index contributed by atoms with van der Waals surface area (Å²) in [5.74, 6) is -0.950. The Labute approximate surface area is 124 Å². The van der Waals surface area contributed by atoms with Gasteiger partial charge in [-0.2, -0.15) is 0 Å². The zero-order valence-corrected chi connectivity index (χ0v) is 12.7. The van der Waals surface area contributed by atoms with Crippen LogP contribution in [0.3, 0.4) is 0 Å². The summed E-state index contributed by atoms with van der Waals surface area (Å²) in [5, 5.41) is 0. The summed E-state index contributed by atoms with van der Waals surface area (Å²) in [6.45, 7) is 1.50. The Hall–Kier alpha value is -1.82. The maximum atomic E-state index is 14.2. The van der Waals surface area contributed by atoms with Crippen LogP contribution in [0.4, 0.5) is 15.8 Å². The Morgan fingerprint density at radius 2 is 2.19 bits per heavy atom. The number of halogens is 1. The number of rotatable bonds is 3. The van der Waals surface area contributed by atoms with Gasteiger partial charge in [0.15, 0.2) is 0 Å². The van der Waals surface area contributed by atoms with E-state index < -0.39 is 11.8 Å². The average Bonchev–Trinajstić information content (AvgIpc) is 2.46. The van der Waals surface area contributed by atoms with Gasteiger partial charge in [0.05, 0.1) is 18.4 Å². The summed E-state index contributed by atoms with van der Waals surface area (Å²) in [4.78, 5) is 15.8. The summed E-state index contributed by atoms with van der Waals surface area (Å²) in [6.07, 6.45) is 2.07. The van der Waals surface area contributed by atoms with Gasteiger partial charge < -0.3 is 20.3 Å². The topological polar surface area (TPSA) is 58.8 Å². The molecule has 1 aromatic carbocycles. The van der Waals surface area contributed by atoms with E-state index in [4.69, 9.17) is 10.5 Å². The van der Waals surface area contributed by atoms with Crippen LogP contribution in [0, 0.1) is 5.82 Å². The van der Waals surface area contributed by atoms with E-state index in [1.54, 1.807) is 0 Å². The van der Waals surface area contributed by atoms with Crippen molar-refractivity contribution < 1.29 is 13.9 Å². The largest absolute Gasteiger partial charge is 0.465 e. The molecular weight excluding hydrogens is 273 g/mol. The molecular formula is C15H22FN3O2. The molecule has 1 aliphatic heterocycles. The number of esters is 1. The lowest BCUT2D eigenvalue weighted by Crippen LogP contribution is -2.45. The van der Waals surface area contributed by atoms with Crippen LogP contribution in [-0.2, 0) is 4.74 Å². The van der Waals surface area contributed by atoms with E-state index in [2.05, 4.69) is 4.90 Å². The van der Waals surface area contributed by atoms with E-state index in [9.17, 15) is 9.18 Å². The molecule has 1 aliphatic rings. The van der Waals surface area contributed by atoms with Crippen LogP contribution in [0.25, 0.3) is 0 Å². The fraction of sp³-hybridized carbons (Fsp3) is 0.533. The van der Waals surface area contributed by atoms with Crippen LogP contribution in [0.1, 0.15) is 23.2 Å². The highest BCUT2D eigenvalue weighted by Crippen LogP contribution is 2.29. The van der Waals surface area contributed by atoms with Crippen LogP contribution in [0.15, 0.2) is 12.1 Å². The minimum absolute atomic E-state index is 0.101. The number of hydrogen-bond acceptors (Lipinski definition) is 5. The second-order valence-electron chi connectivity index (χ2n) is 5.59. The van der Waals surface area contributed by atoms with Crippen molar-refractivity contribution in [1.82, 2.24) is 4.90 Å². The van der Waals surface area contributed by atoms with Gasteiger partial charge in [0.2, 0.25) is 0 Å². The fourth-order valence-electron chi connectivity index (χ4n) is 2.70. The zero-order chi connectivity index (χ0) is 15.6. The normalized spacial score (nSPS) is 18.9. The van der Waals surface area contributed by atoms with Crippen molar-refractivity contribution >= 4 is 17.3 Å². The highest BCUT2D eigenvalue weighted by atomic mass is 19.1. The summed E-state index contributed by atoms with van der Waals surface area (Å²) < 4.78 is 18.9. The van der Waals surface area contributed by atoms with Gasteiger partial charge >= 0.3 is 5.97 Å². The third kappa shape index (κ3) is 3.26. The number of carbonyl (C=O) groups excluding carboxylic acids is 1. The van der Waals surface area contributed by atoms with Crippen molar-refractivity contribution in [3.8, 4) is 0 Å². The quantitative estimate of drug-likeness (QED) is 0.680. The van der Waals surface area contributed by atoms with Crippen LogP contribution < -0.4 is 10.6 Å². The van der Waals surface area contributed by atoms with Gasteiger partial charge in [0.25, 0.3) is 0 Å². The van der Waals surface area contributed by atoms with E-state index in [0.29, 0.717) is 11.7 Å². The first-order valence-electron chi connectivity index (χ1n) is 7.02. The summed E-state index contributed by atoms with van der Waals surface area (Å²) in [6, 6.07) is 3.06. The Kier molecular flexibility index (Phi) is 4.67. The smallest absolute Gasteiger partial charge is 0.340 e. The van der Waals surface area contributed by atoms with Crippen LogP contribution in [0.2, 0.25) is 0 Å². The first kappa shape index (κ1) is 15.6. The number of methoxy groups -OCH3 is 1. The maximum Gasteiger partial charge on any atom is 0.340 e. The number of nitrogens with zero attached hydrogens (tertiary/aromatic N) is 2. The van der Waals surface area contributed by atoms with E-state index in [0.717, 1.165) is 25.9 Å². The van der Waals surface area contributed by atoms with Crippen molar-refractivity contribution in [2.75, 3.05) is 44.9 Å². The minimum Gasteiger partial charge on any atom is -0.465 e. The summed E-state index contributed by atoms with van der Waals surface area (Å²) in [5.41, 5.74) is 6.43. The molecule has 0 spiro atoms. The van der Waals surface area contributed by atoms with Crippen molar-refractivity contribution in [3.63, 3.8) is 0 Å². The summed E-state index contributed by atoms with van der Waals surface area (Å²) in [7, 11) is 5.33. The van der Waals surface area contributed by atoms with Gasteiger partial charge in [-0.3, -0.25) is 0 Å². The second kappa shape index (κ2) is 6.30. The lowest BCUT2D eigenvalue weighted by Gasteiger charge is -2.37. The van der Waals surface area contributed by atoms with Gasteiger partial charge in [0.1, 0.15) is 5.82 Å². The average molecular weight is 295 g/mol. The molecule has 0 saturated carbocycles. The molecule has 6 heteroatoms. The van der Waals surface area contributed by atoms with Crippen LogP contribution >= 0.6 is 0 Å². The van der Waals surface area contributed by atoms with E-state index in [-0.39, 0.29) is 11.3 Å². The van der Waals surface area contributed by atoms with Gasteiger partial charge in [-0.1, -0.05) is 0 Å². The SMILES string of the molecule is COC(=O)c1cc(N2CCCC(N(C)C)C2)c(F)cc1N. The lowest BCUT2D eigenvalue weighted by atomic mass is 10.0. The monoisotopic (exact) mass is 295 g/mol. The van der Waals surface area contributed by atoms with Crippen molar-refractivity contribution in [2.45, 2.75) is 18.9 Å². The van der Waals surface area contributed by atoms with Gasteiger partial charge in [-0.15, -0.1) is 0 Å². The molecule has 116 valence electrons. The van der Waals surface area contributed by atoms with E-state index >= 15 is 0 Å². The number of piperidine rings is 1. The van der Waals surface area contributed by atoms with Gasteiger partial charge in [0, 0.05) is 24.8 Å². The number of nitrogens with two attached hydrogens (primary N) is 1. The molecule has 1 fully saturated rings. The molecule has 21 heavy (non-hydrogen) atoms. The minimum atomic E-state index is -0.546. The predicted molar refractivity (Wildman–Crippen MR) is 81.1 cm³/mol. The number of carbonyl (C=O) groups is 1. The highest BCUT2D eigenvalue weighted by molar-refractivity contribution is 5.96. The molecule has 1 unspecified atom stereocenters. The molecule has 0 amide bonds.